The van der Waals surface area contributed by atoms with Crippen LogP contribution < -0.4 is 0 Å². The van der Waals surface area contributed by atoms with Gasteiger partial charge in [0.15, 0.2) is 0 Å². The van der Waals surface area contributed by atoms with E-state index in [2.05, 4.69) is 0 Å². The van der Waals surface area contributed by atoms with Gasteiger partial charge in [0.25, 0.3) is 0 Å². The molecule has 40 valence electrons. The Hall–Kier alpha value is -0.500. The normalized spacial score (nSPS) is 21.9. The first-order valence-electron chi connectivity index (χ1n) is 2.42. The van der Waals surface area contributed by atoms with E-state index in [0.717, 1.165) is 13.0 Å². The summed E-state index contributed by atoms with van der Waals surface area (Å²) in [6, 6.07) is 0. The number of hydrogen-bond donors (Lipinski definition) is 0. The van der Waals surface area contributed by atoms with Gasteiger partial charge in [-0.15, -0.1) is 5.06 Å². The summed E-state index contributed by atoms with van der Waals surface area (Å²) >= 11 is 0. The lowest BCUT2D eigenvalue weighted by atomic mass is 10.4. The zero-order chi connectivity index (χ0) is 5.11. The molecule has 2 nitrogen and oxygen atoms in total. The summed E-state index contributed by atoms with van der Waals surface area (Å²) in [6.45, 7) is 1.01. The zero-order valence-electron chi connectivity index (χ0n) is 4.42. The van der Waals surface area contributed by atoms with Crippen molar-refractivity contribution in [2.24, 2.45) is 0 Å². The topological polar surface area (TPSA) is 12.5 Å². The molecule has 0 aromatic rings. The van der Waals surface area contributed by atoms with Crippen molar-refractivity contribution >= 4 is 0 Å². The molecule has 1 aliphatic rings. The molecule has 0 unspecified atom stereocenters. The van der Waals surface area contributed by atoms with Gasteiger partial charge in [0.2, 0.25) is 0 Å². The minimum atomic E-state index is 1.01. The van der Waals surface area contributed by atoms with E-state index in [1.165, 1.54) is 0 Å². The summed E-state index contributed by atoms with van der Waals surface area (Å²) in [4.78, 5) is 4.93. The molecule has 1 aliphatic heterocycles. The molecule has 0 fully saturated rings. The van der Waals surface area contributed by atoms with Gasteiger partial charge < -0.3 is 4.84 Å². The average molecular weight is 99.1 g/mol. The molecule has 0 aromatic heterocycles. The van der Waals surface area contributed by atoms with Gasteiger partial charge in [-0.05, 0) is 12.5 Å². The van der Waals surface area contributed by atoms with Crippen LogP contribution in [-0.2, 0) is 4.84 Å². The van der Waals surface area contributed by atoms with Crippen LogP contribution in [0.2, 0.25) is 0 Å². The Labute approximate surface area is 43.3 Å². The zero-order valence-corrected chi connectivity index (χ0v) is 4.42. The first-order chi connectivity index (χ1) is 3.39. The highest BCUT2D eigenvalue weighted by Crippen LogP contribution is 1.97. The Balaban J connectivity index is 2.32. The van der Waals surface area contributed by atoms with Crippen LogP contribution in [0.5, 0.6) is 0 Å². The highest BCUT2D eigenvalue weighted by Gasteiger charge is 1.96. The van der Waals surface area contributed by atoms with Crippen LogP contribution in [0.4, 0.5) is 0 Å². The van der Waals surface area contributed by atoms with E-state index < -0.39 is 0 Å². The summed E-state index contributed by atoms with van der Waals surface area (Å²) in [5, 5.41) is 1.81. The fourth-order valence-electron chi connectivity index (χ4n) is 0.524. The molecule has 0 aliphatic carbocycles. The number of rotatable bonds is 0. The molecule has 0 N–H and O–H groups in total. The van der Waals surface area contributed by atoms with Crippen LogP contribution in [0.3, 0.4) is 0 Å². The second kappa shape index (κ2) is 1.98. The molecule has 0 amide bonds. The van der Waals surface area contributed by atoms with Crippen molar-refractivity contribution in [1.82, 2.24) is 5.06 Å². The Kier molecular flexibility index (Phi) is 1.32. The number of nitrogens with zero attached hydrogens (tertiary/aromatic N) is 1. The molecule has 0 saturated heterocycles. The molecule has 1 heterocycles. The van der Waals surface area contributed by atoms with E-state index in [-0.39, 0.29) is 0 Å². The van der Waals surface area contributed by atoms with Crippen molar-refractivity contribution < 1.29 is 4.84 Å². The van der Waals surface area contributed by atoms with E-state index in [9.17, 15) is 0 Å². The maximum Gasteiger partial charge on any atom is 0.107 e. The van der Waals surface area contributed by atoms with Crippen molar-refractivity contribution in [2.75, 3.05) is 13.6 Å². The standard InChI is InChI=1S/C5H9NO/c1-6-4-2-3-5-7-6/h3,5H,2,4H2,1H3. The second-order valence-electron chi connectivity index (χ2n) is 1.62. The summed E-state index contributed by atoms with van der Waals surface area (Å²) in [5.41, 5.74) is 0. The lowest BCUT2D eigenvalue weighted by Gasteiger charge is -2.16. The molecular weight excluding hydrogens is 90.1 g/mol. The molecule has 0 spiro atoms. The van der Waals surface area contributed by atoms with Gasteiger partial charge in [-0.1, -0.05) is 0 Å². The van der Waals surface area contributed by atoms with Gasteiger partial charge in [0.05, 0.1) is 0 Å². The quantitative estimate of drug-likeness (QED) is 0.444. The third-order valence-corrected chi connectivity index (χ3v) is 0.948. The summed E-state index contributed by atoms with van der Waals surface area (Å²) in [7, 11) is 1.92. The molecule has 7 heavy (non-hydrogen) atoms. The molecule has 0 atom stereocenters. The molecule has 0 bridgehead atoms. The molecule has 0 saturated carbocycles. The molecule has 0 radical (unpaired) electrons. The molecule has 0 aromatic carbocycles. The smallest absolute Gasteiger partial charge is 0.107 e. The van der Waals surface area contributed by atoms with Crippen molar-refractivity contribution in [2.45, 2.75) is 6.42 Å². The fourth-order valence-corrected chi connectivity index (χ4v) is 0.524. The minimum Gasteiger partial charge on any atom is -0.414 e. The predicted molar refractivity (Wildman–Crippen MR) is 27.5 cm³/mol. The molecule has 1 rings (SSSR count). The number of hydrogen-bond acceptors (Lipinski definition) is 2. The maximum absolute atomic E-state index is 4.93. The highest BCUT2D eigenvalue weighted by molar-refractivity contribution is 4.76. The van der Waals surface area contributed by atoms with Gasteiger partial charge in [0.1, 0.15) is 6.26 Å². The lowest BCUT2D eigenvalue weighted by molar-refractivity contribution is -0.0861. The van der Waals surface area contributed by atoms with Crippen molar-refractivity contribution in [1.29, 1.82) is 0 Å². The SMILES string of the molecule is CN1CCC=CO1. The van der Waals surface area contributed by atoms with Gasteiger partial charge in [0, 0.05) is 13.6 Å². The van der Waals surface area contributed by atoms with Gasteiger partial charge in [-0.2, -0.15) is 0 Å². The third-order valence-electron chi connectivity index (χ3n) is 0.948. The lowest BCUT2D eigenvalue weighted by Crippen LogP contribution is -2.19. The third kappa shape index (κ3) is 1.20. The van der Waals surface area contributed by atoms with Gasteiger partial charge >= 0.3 is 0 Å². The monoisotopic (exact) mass is 99.1 g/mol. The predicted octanol–water partition coefficient (Wildman–Crippen LogP) is 0.767. The van der Waals surface area contributed by atoms with Crippen molar-refractivity contribution in [3.63, 3.8) is 0 Å². The van der Waals surface area contributed by atoms with Crippen LogP contribution in [0.1, 0.15) is 6.42 Å². The Morgan fingerprint density at radius 1 is 1.71 bits per heavy atom. The summed E-state index contributed by atoms with van der Waals surface area (Å²) in [5.74, 6) is 0. The Bertz CT molecular complexity index is 80.1. The first-order valence-corrected chi connectivity index (χ1v) is 2.42. The summed E-state index contributed by atoms with van der Waals surface area (Å²) < 4.78 is 0. The van der Waals surface area contributed by atoms with Crippen molar-refractivity contribution in [3.05, 3.63) is 12.3 Å². The van der Waals surface area contributed by atoms with E-state index in [1.807, 2.05) is 13.1 Å². The van der Waals surface area contributed by atoms with E-state index >= 15 is 0 Å². The van der Waals surface area contributed by atoms with Crippen LogP contribution in [-0.4, -0.2) is 18.7 Å². The Morgan fingerprint density at radius 2 is 2.57 bits per heavy atom. The maximum atomic E-state index is 4.93. The van der Waals surface area contributed by atoms with E-state index in [4.69, 9.17) is 4.84 Å². The van der Waals surface area contributed by atoms with Gasteiger partial charge in [-0.3, -0.25) is 0 Å². The second-order valence-corrected chi connectivity index (χ2v) is 1.62. The van der Waals surface area contributed by atoms with Crippen molar-refractivity contribution in [3.8, 4) is 0 Å². The summed E-state index contributed by atoms with van der Waals surface area (Å²) in [6.07, 6.45) is 4.83. The highest BCUT2D eigenvalue weighted by atomic mass is 16.7. The first kappa shape index (κ1) is 4.65. The average Bonchev–Trinajstić information content (AvgIpc) is 1.69. The minimum absolute atomic E-state index is 1.01. The largest absolute Gasteiger partial charge is 0.414 e. The van der Waals surface area contributed by atoms with E-state index in [1.54, 1.807) is 11.3 Å². The Morgan fingerprint density at radius 3 is 2.86 bits per heavy atom. The number of hydroxylamine groups is 2. The molecular formula is C5H9NO. The molecule has 2 heteroatoms. The van der Waals surface area contributed by atoms with Crippen LogP contribution >= 0.6 is 0 Å². The van der Waals surface area contributed by atoms with E-state index in [0.29, 0.717) is 0 Å². The van der Waals surface area contributed by atoms with Gasteiger partial charge in [-0.25, -0.2) is 0 Å². The van der Waals surface area contributed by atoms with Crippen LogP contribution in [0.25, 0.3) is 0 Å². The fraction of sp³-hybridized carbons (Fsp3) is 0.600. The van der Waals surface area contributed by atoms with Crippen LogP contribution in [0.15, 0.2) is 12.3 Å². The van der Waals surface area contributed by atoms with Crippen LogP contribution in [0, 0.1) is 0 Å².